The van der Waals surface area contributed by atoms with Gasteiger partial charge < -0.3 is 34.2 Å². The standard InChI is InChI=1S/C16H22ClN4O8PS/c17-16-18-13(20-4-1-2-5-20)9-3-6-21(14(9)19-16)15-12(23)11(22)10(29-15)7-31(27,28)8-30(24,25)26/h3,6,10-12,15,22-23H,1-2,4-5,7-8H2,(H2,24,25,26)/t10-,11-,12-,15-/m1/s1. The van der Waals surface area contributed by atoms with E-state index in [0.29, 0.717) is 16.9 Å². The summed E-state index contributed by atoms with van der Waals surface area (Å²) in [5.41, 5.74) is -1.03. The Kier molecular flexibility index (Phi) is 6.07. The van der Waals surface area contributed by atoms with Crippen LogP contribution in [0.15, 0.2) is 12.3 Å². The van der Waals surface area contributed by atoms with E-state index in [-0.39, 0.29) is 5.28 Å². The molecular weight excluding hydrogens is 475 g/mol. The summed E-state index contributed by atoms with van der Waals surface area (Å²) in [6.45, 7) is 1.63. The Labute approximate surface area is 182 Å². The van der Waals surface area contributed by atoms with Crippen LogP contribution in [0.4, 0.5) is 5.82 Å². The molecule has 172 valence electrons. The van der Waals surface area contributed by atoms with Crippen molar-refractivity contribution in [3.05, 3.63) is 17.5 Å². The number of halogens is 1. The Hall–Kier alpha value is -1.31. The first-order chi connectivity index (χ1) is 14.5. The molecular formula is C16H22ClN4O8PS. The highest BCUT2D eigenvalue weighted by Gasteiger charge is 2.46. The van der Waals surface area contributed by atoms with Gasteiger partial charge in [-0.25, -0.2) is 8.42 Å². The van der Waals surface area contributed by atoms with Gasteiger partial charge in [-0.05, 0) is 30.5 Å². The summed E-state index contributed by atoms with van der Waals surface area (Å²) in [5.74, 6) is -0.221. The normalized spacial score (nSPS) is 27.5. The number of rotatable bonds is 6. The molecule has 2 aliphatic heterocycles. The van der Waals surface area contributed by atoms with Crippen molar-refractivity contribution in [2.24, 2.45) is 0 Å². The van der Waals surface area contributed by atoms with Crippen LogP contribution in [0, 0.1) is 0 Å². The van der Waals surface area contributed by atoms with E-state index in [0.717, 1.165) is 25.9 Å². The van der Waals surface area contributed by atoms with E-state index in [9.17, 15) is 23.2 Å². The summed E-state index contributed by atoms with van der Waals surface area (Å²) in [6, 6.07) is 1.72. The zero-order valence-corrected chi connectivity index (χ0v) is 18.6. The van der Waals surface area contributed by atoms with Crippen molar-refractivity contribution in [2.75, 3.05) is 29.2 Å². The number of ether oxygens (including phenoxy) is 1. The average Bonchev–Trinajstić information content (AvgIpc) is 3.35. The molecule has 0 aromatic carbocycles. The first-order valence-corrected chi connectivity index (χ1v) is 13.5. The molecule has 2 saturated heterocycles. The first-order valence-electron chi connectivity index (χ1n) is 9.51. The second kappa shape index (κ2) is 8.23. The van der Waals surface area contributed by atoms with Crippen molar-refractivity contribution >= 4 is 45.9 Å². The number of aliphatic hydroxyl groups excluding tert-OH is 2. The van der Waals surface area contributed by atoms with Crippen LogP contribution in [0.2, 0.25) is 5.28 Å². The maximum atomic E-state index is 12.1. The molecule has 0 amide bonds. The third-order valence-corrected chi connectivity index (χ3v) is 9.25. The summed E-state index contributed by atoms with van der Waals surface area (Å²) in [4.78, 5) is 28.5. The number of hydrogen-bond donors (Lipinski definition) is 4. The van der Waals surface area contributed by atoms with Crippen molar-refractivity contribution in [1.29, 1.82) is 0 Å². The molecule has 2 aromatic rings. The molecule has 2 aliphatic rings. The Bertz CT molecular complexity index is 1130. The van der Waals surface area contributed by atoms with Crippen molar-refractivity contribution in [2.45, 2.75) is 37.4 Å². The van der Waals surface area contributed by atoms with E-state index in [4.69, 9.17) is 26.1 Å². The average molecular weight is 497 g/mol. The fourth-order valence-electron chi connectivity index (χ4n) is 4.02. The SMILES string of the molecule is O=P(O)(O)CS(=O)(=O)C[C@H]1O[C@@H](n2ccc3c(N4CCCC4)nc(Cl)nc32)[C@H](O)[C@@H]1O. The Morgan fingerprint density at radius 3 is 2.52 bits per heavy atom. The molecule has 15 heteroatoms. The molecule has 0 unspecified atom stereocenters. The Morgan fingerprint density at radius 1 is 1.19 bits per heavy atom. The van der Waals surface area contributed by atoms with E-state index in [1.54, 1.807) is 12.3 Å². The first kappa shape index (κ1) is 22.9. The molecule has 12 nitrogen and oxygen atoms in total. The number of hydrogen-bond acceptors (Lipinski definition) is 9. The minimum Gasteiger partial charge on any atom is -0.387 e. The second-order valence-corrected chi connectivity index (χ2v) is 12.2. The van der Waals surface area contributed by atoms with Crippen molar-refractivity contribution < 1.29 is 37.7 Å². The quantitative estimate of drug-likeness (QED) is 0.309. The van der Waals surface area contributed by atoms with Gasteiger partial charge in [-0.15, -0.1) is 0 Å². The van der Waals surface area contributed by atoms with Gasteiger partial charge in [-0.3, -0.25) is 4.57 Å². The highest BCUT2D eigenvalue weighted by atomic mass is 35.5. The van der Waals surface area contributed by atoms with E-state index in [1.807, 2.05) is 0 Å². The molecule has 4 rings (SSSR count). The lowest BCUT2D eigenvalue weighted by Gasteiger charge is -2.20. The van der Waals surface area contributed by atoms with E-state index in [1.165, 1.54) is 4.57 Å². The van der Waals surface area contributed by atoms with Gasteiger partial charge in [0.25, 0.3) is 0 Å². The summed E-state index contributed by atoms with van der Waals surface area (Å²) in [5, 5.41) is 21.5. The van der Waals surface area contributed by atoms with Gasteiger partial charge in [-0.2, -0.15) is 9.97 Å². The molecule has 4 atom stereocenters. The summed E-state index contributed by atoms with van der Waals surface area (Å²) >= 11 is 6.11. The molecule has 2 aromatic heterocycles. The zero-order chi connectivity index (χ0) is 22.6. The predicted octanol–water partition coefficient (Wildman–Crippen LogP) is -0.146. The highest BCUT2D eigenvalue weighted by molar-refractivity contribution is 7.97. The van der Waals surface area contributed by atoms with Crippen LogP contribution < -0.4 is 4.90 Å². The van der Waals surface area contributed by atoms with E-state index in [2.05, 4.69) is 14.9 Å². The zero-order valence-electron chi connectivity index (χ0n) is 16.2. The minimum atomic E-state index is -4.83. The number of fused-ring (bicyclic) bond motifs is 1. The van der Waals surface area contributed by atoms with Gasteiger partial charge in [0, 0.05) is 19.3 Å². The fraction of sp³-hybridized carbons (Fsp3) is 0.625. The van der Waals surface area contributed by atoms with Gasteiger partial charge in [0.05, 0.1) is 11.1 Å². The number of nitrogens with zero attached hydrogens (tertiary/aromatic N) is 4. The maximum Gasteiger partial charge on any atom is 0.340 e. The molecule has 0 spiro atoms. The predicted molar refractivity (Wildman–Crippen MR) is 111 cm³/mol. The van der Waals surface area contributed by atoms with Crippen LogP contribution in [-0.4, -0.2) is 85.6 Å². The topological polar surface area (TPSA) is 175 Å². The second-order valence-electron chi connectivity index (χ2n) is 7.72. The Balaban J connectivity index is 1.63. The number of anilines is 1. The van der Waals surface area contributed by atoms with Crippen LogP contribution in [0.5, 0.6) is 0 Å². The Morgan fingerprint density at radius 2 is 1.87 bits per heavy atom. The molecule has 31 heavy (non-hydrogen) atoms. The third-order valence-electron chi connectivity index (χ3n) is 5.32. The molecule has 2 fully saturated rings. The molecule has 0 aliphatic carbocycles. The number of aliphatic hydroxyl groups is 2. The monoisotopic (exact) mass is 496 g/mol. The van der Waals surface area contributed by atoms with Gasteiger partial charge in [0.15, 0.2) is 21.6 Å². The lowest BCUT2D eigenvalue weighted by atomic mass is 10.1. The van der Waals surface area contributed by atoms with Crippen LogP contribution in [0.1, 0.15) is 19.1 Å². The van der Waals surface area contributed by atoms with E-state index >= 15 is 0 Å². The van der Waals surface area contributed by atoms with Crippen LogP contribution >= 0.6 is 19.2 Å². The lowest BCUT2D eigenvalue weighted by molar-refractivity contribution is -0.0288. The minimum absolute atomic E-state index is 0.0110. The van der Waals surface area contributed by atoms with Gasteiger partial charge >= 0.3 is 7.60 Å². The molecule has 4 N–H and O–H groups in total. The fourth-order valence-corrected chi connectivity index (χ4v) is 7.43. The maximum absolute atomic E-state index is 12.1. The molecule has 4 heterocycles. The smallest absolute Gasteiger partial charge is 0.340 e. The lowest BCUT2D eigenvalue weighted by Crippen LogP contribution is -2.35. The van der Waals surface area contributed by atoms with Gasteiger partial charge in [0.2, 0.25) is 5.28 Å². The van der Waals surface area contributed by atoms with Gasteiger partial charge in [0.1, 0.15) is 29.8 Å². The molecule has 0 bridgehead atoms. The number of aromatic nitrogens is 3. The number of sulfone groups is 1. The van der Waals surface area contributed by atoms with Crippen molar-refractivity contribution in [3.8, 4) is 0 Å². The highest BCUT2D eigenvalue weighted by Crippen LogP contribution is 2.39. The van der Waals surface area contributed by atoms with Crippen molar-refractivity contribution in [1.82, 2.24) is 14.5 Å². The van der Waals surface area contributed by atoms with Crippen LogP contribution in [0.3, 0.4) is 0 Å². The summed E-state index contributed by atoms with van der Waals surface area (Å²) < 4.78 is 42.3. The molecule has 0 saturated carbocycles. The summed E-state index contributed by atoms with van der Waals surface area (Å²) in [7, 11) is -9.09. The van der Waals surface area contributed by atoms with Crippen molar-refractivity contribution in [3.63, 3.8) is 0 Å². The third kappa shape index (κ3) is 4.74. The summed E-state index contributed by atoms with van der Waals surface area (Å²) in [6.07, 6.45) is -2.05. The van der Waals surface area contributed by atoms with Gasteiger partial charge in [-0.1, -0.05) is 0 Å². The van der Waals surface area contributed by atoms with Crippen LogP contribution in [0.25, 0.3) is 11.0 Å². The molecule has 0 radical (unpaired) electrons. The van der Waals surface area contributed by atoms with E-state index < -0.39 is 53.2 Å². The largest absolute Gasteiger partial charge is 0.387 e. The van der Waals surface area contributed by atoms with Crippen LogP contribution in [-0.2, 0) is 19.1 Å².